The van der Waals surface area contributed by atoms with Gasteiger partial charge in [-0.3, -0.25) is 4.79 Å². The van der Waals surface area contributed by atoms with E-state index in [4.69, 9.17) is 12.2 Å². The summed E-state index contributed by atoms with van der Waals surface area (Å²) < 4.78 is 0. The molecule has 1 saturated carbocycles. The molecular formula is C14H24N2O. The number of amides is 1. The first-order chi connectivity index (χ1) is 7.84. The summed E-state index contributed by atoms with van der Waals surface area (Å²) >= 11 is 0. The van der Waals surface area contributed by atoms with Gasteiger partial charge < -0.3 is 10.6 Å². The molecule has 1 fully saturated rings. The fourth-order valence-corrected chi connectivity index (χ4v) is 1.60. The zero-order chi connectivity index (χ0) is 13.1. The minimum Gasteiger partial charge on any atom is -0.331 e. The lowest BCUT2D eigenvalue weighted by Crippen LogP contribution is -2.42. The third-order valence-corrected chi connectivity index (χ3v) is 3.32. The van der Waals surface area contributed by atoms with Crippen molar-refractivity contribution in [3.63, 3.8) is 0 Å². The summed E-state index contributed by atoms with van der Waals surface area (Å²) in [6.07, 6.45) is 8.14. The van der Waals surface area contributed by atoms with Gasteiger partial charge in [-0.25, -0.2) is 0 Å². The number of hydrogen-bond acceptors (Lipinski definition) is 2. The molecule has 0 radical (unpaired) electrons. The van der Waals surface area contributed by atoms with Crippen LogP contribution in [0, 0.1) is 23.7 Å². The minimum absolute atomic E-state index is 0.0446. The number of terminal acetylenes is 1. The normalized spacial score (nSPS) is 17.4. The predicted octanol–water partition coefficient (Wildman–Crippen LogP) is 1.62. The van der Waals surface area contributed by atoms with Gasteiger partial charge in [0.05, 0.1) is 6.54 Å². The van der Waals surface area contributed by atoms with E-state index in [0.717, 1.165) is 6.54 Å². The molecule has 3 nitrogen and oxygen atoms in total. The minimum atomic E-state index is -0.116. The predicted molar refractivity (Wildman–Crippen MR) is 70.2 cm³/mol. The second-order valence-corrected chi connectivity index (χ2v) is 6.10. The molecule has 96 valence electrons. The molecular weight excluding hydrogens is 212 g/mol. The number of rotatable bonds is 5. The van der Waals surface area contributed by atoms with Gasteiger partial charge in [-0.15, -0.1) is 6.42 Å². The van der Waals surface area contributed by atoms with Gasteiger partial charge in [0.15, 0.2) is 0 Å². The van der Waals surface area contributed by atoms with Gasteiger partial charge in [-0.05, 0) is 24.2 Å². The molecule has 1 aliphatic carbocycles. The van der Waals surface area contributed by atoms with E-state index < -0.39 is 0 Å². The highest BCUT2D eigenvalue weighted by atomic mass is 16.2. The Hall–Kier alpha value is -1.01. The first-order valence-electron chi connectivity index (χ1n) is 6.31. The molecule has 1 aliphatic rings. The molecule has 0 saturated heterocycles. The van der Waals surface area contributed by atoms with E-state index >= 15 is 0 Å². The van der Waals surface area contributed by atoms with Crippen molar-refractivity contribution in [2.45, 2.75) is 46.1 Å². The van der Waals surface area contributed by atoms with Crippen molar-refractivity contribution in [1.82, 2.24) is 4.90 Å². The number of nitrogens with two attached hydrogens (primary N) is 1. The molecule has 0 aromatic heterocycles. The number of carbonyl (C=O) groups is 1. The molecule has 1 amide bonds. The van der Waals surface area contributed by atoms with Crippen LogP contribution in [-0.2, 0) is 4.79 Å². The molecule has 17 heavy (non-hydrogen) atoms. The molecule has 2 N–H and O–H groups in total. The van der Waals surface area contributed by atoms with Crippen LogP contribution in [0.3, 0.4) is 0 Å². The summed E-state index contributed by atoms with van der Waals surface area (Å²) in [5.41, 5.74) is 5.99. The SMILES string of the molecule is C#CCN(CC1CC1)C(=O)CC(N)C(C)(C)C. The van der Waals surface area contributed by atoms with Crippen LogP contribution >= 0.6 is 0 Å². The summed E-state index contributed by atoms with van der Waals surface area (Å²) in [6, 6.07) is -0.116. The van der Waals surface area contributed by atoms with E-state index in [1.807, 2.05) is 0 Å². The topological polar surface area (TPSA) is 46.3 Å². The molecule has 1 unspecified atom stereocenters. The average molecular weight is 236 g/mol. The van der Waals surface area contributed by atoms with E-state index in [1.54, 1.807) is 4.90 Å². The molecule has 0 aliphatic heterocycles. The van der Waals surface area contributed by atoms with Gasteiger partial charge in [-0.2, -0.15) is 0 Å². The summed E-state index contributed by atoms with van der Waals surface area (Å²) in [5.74, 6) is 3.32. The third-order valence-electron chi connectivity index (χ3n) is 3.32. The van der Waals surface area contributed by atoms with Crippen molar-refractivity contribution >= 4 is 5.91 Å². The van der Waals surface area contributed by atoms with E-state index in [-0.39, 0.29) is 17.4 Å². The van der Waals surface area contributed by atoms with Crippen LogP contribution in [0.15, 0.2) is 0 Å². The van der Waals surface area contributed by atoms with Crippen molar-refractivity contribution in [3.8, 4) is 12.3 Å². The van der Waals surface area contributed by atoms with Crippen molar-refractivity contribution in [2.75, 3.05) is 13.1 Å². The van der Waals surface area contributed by atoms with Crippen molar-refractivity contribution in [3.05, 3.63) is 0 Å². The molecule has 0 heterocycles. The molecule has 0 aromatic rings. The molecule has 1 rings (SSSR count). The maximum atomic E-state index is 12.1. The highest BCUT2D eigenvalue weighted by Crippen LogP contribution is 2.30. The van der Waals surface area contributed by atoms with Crippen LogP contribution in [0.1, 0.15) is 40.0 Å². The Bertz CT molecular complexity index is 307. The Labute approximate surface area is 105 Å². The first-order valence-corrected chi connectivity index (χ1v) is 6.31. The largest absolute Gasteiger partial charge is 0.331 e. The van der Waals surface area contributed by atoms with E-state index in [0.29, 0.717) is 18.9 Å². The molecule has 0 bridgehead atoms. The van der Waals surface area contributed by atoms with Crippen molar-refractivity contribution in [1.29, 1.82) is 0 Å². The lowest BCUT2D eigenvalue weighted by Gasteiger charge is -2.29. The molecule has 0 spiro atoms. The highest BCUT2D eigenvalue weighted by molar-refractivity contribution is 5.77. The van der Waals surface area contributed by atoms with E-state index in [1.165, 1.54) is 12.8 Å². The first kappa shape index (κ1) is 14.1. The van der Waals surface area contributed by atoms with Gasteiger partial charge in [0.2, 0.25) is 5.91 Å². The van der Waals surface area contributed by atoms with Crippen LogP contribution < -0.4 is 5.73 Å². The highest BCUT2D eigenvalue weighted by Gasteiger charge is 2.29. The van der Waals surface area contributed by atoms with Crippen molar-refractivity contribution < 1.29 is 4.79 Å². The number of hydrogen-bond donors (Lipinski definition) is 1. The second-order valence-electron chi connectivity index (χ2n) is 6.10. The van der Waals surface area contributed by atoms with Crippen LogP contribution in [-0.4, -0.2) is 29.9 Å². The van der Waals surface area contributed by atoms with E-state index in [9.17, 15) is 4.79 Å². The van der Waals surface area contributed by atoms with Gasteiger partial charge >= 0.3 is 0 Å². The second kappa shape index (κ2) is 5.55. The quantitative estimate of drug-likeness (QED) is 0.737. The Morgan fingerprint density at radius 1 is 1.53 bits per heavy atom. The zero-order valence-electron chi connectivity index (χ0n) is 11.2. The van der Waals surface area contributed by atoms with Gasteiger partial charge in [0.1, 0.15) is 0 Å². The van der Waals surface area contributed by atoms with Gasteiger partial charge in [0, 0.05) is 19.0 Å². The number of carbonyl (C=O) groups excluding carboxylic acids is 1. The number of nitrogens with zero attached hydrogens (tertiary/aromatic N) is 1. The molecule has 1 atom stereocenters. The van der Waals surface area contributed by atoms with Crippen molar-refractivity contribution in [2.24, 2.45) is 17.1 Å². The molecule has 0 aromatic carbocycles. The van der Waals surface area contributed by atoms with Crippen LogP contribution in [0.2, 0.25) is 0 Å². The van der Waals surface area contributed by atoms with Crippen LogP contribution in [0.4, 0.5) is 0 Å². The van der Waals surface area contributed by atoms with Gasteiger partial charge in [-0.1, -0.05) is 26.7 Å². The molecule has 3 heteroatoms. The summed E-state index contributed by atoms with van der Waals surface area (Å²) in [7, 11) is 0. The van der Waals surface area contributed by atoms with Crippen LogP contribution in [0.5, 0.6) is 0 Å². The fraction of sp³-hybridized carbons (Fsp3) is 0.786. The van der Waals surface area contributed by atoms with E-state index in [2.05, 4.69) is 26.7 Å². The average Bonchev–Trinajstić information content (AvgIpc) is 2.99. The lowest BCUT2D eigenvalue weighted by molar-refractivity contribution is -0.131. The summed E-state index contributed by atoms with van der Waals surface area (Å²) in [5, 5.41) is 0. The Kier molecular flexibility index (Phi) is 4.59. The lowest BCUT2D eigenvalue weighted by atomic mass is 9.85. The third kappa shape index (κ3) is 4.79. The zero-order valence-corrected chi connectivity index (χ0v) is 11.2. The fourth-order valence-electron chi connectivity index (χ4n) is 1.60. The standard InChI is InChI=1S/C14H24N2O/c1-5-8-16(10-11-6-7-11)13(17)9-12(15)14(2,3)4/h1,11-12H,6-10,15H2,2-4H3. The van der Waals surface area contributed by atoms with Crippen LogP contribution in [0.25, 0.3) is 0 Å². The smallest absolute Gasteiger partial charge is 0.224 e. The maximum absolute atomic E-state index is 12.1. The Morgan fingerprint density at radius 3 is 2.53 bits per heavy atom. The monoisotopic (exact) mass is 236 g/mol. The summed E-state index contributed by atoms with van der Waals surface area (Å²) in [4.78, 5) is 13.9. The Morgan fingerprint density at radius 2 is 2.12 bits per heavy atom. The van der Waals surface area contributed by atoms with Gasteiger partial charge in [0.25, 0.3) is 0 Å². The summed E-state index contributed by atoms with van der Waals surface area (Å²) in [6.45, 7) is 7.37. The Balaban J connectivity index is 2.49. The maximum Gasteiger partial charge on any atom is 0.224 e.